The van der Waals surface area contributed by atoms with Gasteiger partial charge in [-0.15, -0.1) is 0 Å². The molecule has 154 valence electrons. The summed E-state index contributed by atoms with van der Waals surface area (Å²) in [5.41, 5.74) is 2.25. The molecule has 1 aliphatic heterocycles. The first-order valence-electron chi connectivity index (χ1n) is 9.30. The highest BCUT2D eigenvalue weighted by molar-refractivity contribution is 9.10. The Balaban J connectivity index is 1.77. The number of anilines is 1. The summed E-state index contributed by atoms with van der Waals surface area (Å²) < 4.78 is 26.8. The zero-order chi connectivity index (χ0) is 21.2. The lowest BCUT2D eigenvalue weighted by atomic mass is 10.2. The second-order valence-electron chi connectivity index (χ2n) is 7.14. The molecule has 0 saturated heterocycles. The maximum Gasteiger partial charge on any atom is 0.223 e. The predicted octanol–water partition coefficient (Wildman–Crippen LogP) is 3.18. The van der Waals surface area contributed by atoms with Gasteiger partial charge in [-0.2, -0.15) is 0 Å². The lowest BCUT2D eigenvalue weighted by Crippen LogP contribution is -2.29. The van der Waals surface area contributed by atoms with Gasteiger partial charge in [-0.1, -0.05) is 46.3 Å². The SMILES string of the molecule is CC(=O)N1CCc2cc(Br)cc(S(=O)(=O)CCC(=O)N(C)Cc3ccccc3)c21. The number of benzene rings is 2. The van der Waals surface area contributed by atoms with Crippen molar-refractivity contribution in [3.8, 4) is 0 Å². The zero-order valence-corrected chi connectivity index (χ0v) is 18.8. The molecule has 0 atom stereocenters. The third kappa shape index (κ3) is 4.87. The van der Waals surface area contributed by atoms with Crippen LogP contribution in [0.1, 0.15) is 24.5 Å². The van der Waals surface area contributed by atoms with E-state index < -0.39 is 9.84 Å². The molecule has 0 unspecified atom stereocenters. The van der Waals surface area contributed by atoms with Crippen LogP contribution in [0.2, 0.25) is 0 Å². The van der Waals surface area contributed by atoms with Crippen molar-refractivity contribution >= 4 is 43.3 Å². The molecule has 2 amide bonds. The number of halogens is 1. The number of nitrogens with zero attached hydrogens (tertiary/aromatic N) is 2. The summed E-state index contributed by atoms with van der Waals surface area (Å²) in [4.78, 5) is 27.6. The number of carbonyl (C=O) groups excluding carboxylic acids is 2. The molecule has 0 bridgehead atoms. The molecular formula is C21H23BrN2O4S. The van der Waals surface area contributed by atoms with Gasteiger partial charge in [0.05, 0.1) is 16.3 Å². The van der Waals surface area contributed by atoms with Gasteiger partial charge >= 0.3 is 0 Å². The van der Waals surface area contributed by atoms with E-state index in [9.17, 15) is 18.0 Å². The number of hydrogen-bond acceptors (Lipinski definition) is 4. The van der Waals surface area contributed by atoms with E-state index >= 15 is 0 Å². The fourth-order valence-corrected chi connectivity index (χ4v) is 5.65. The second kappa shape index (κ2) is 8.67. The predicted molar refractivity (Wildman–Crippen MR) is 115 cm³/mol. The zero-order valence-electron chi connectivity index (χ0n) is 16.4. The molecule has 2 aromatic rings. The highest BCUT2D eigenvalue weighted by Gasteiger charge is 2.31. The summed E-state index contributed by atoms with van der Waals surface area (Å²) in [6, 6.07) is 12.9. The topological polar surface area (TPSA) is 74.8 Å². The average Bonchev–Trinajstić information content (AvgIpc) is 3.10. The summed E-state index contributed by atoms with van der Waals surface area (Å²) in [6.45, 7) is 2.31. The molecule has 0 radical (unpaired) electrons. The summed E-state index contributed by atoms with van der Waals surface area (Å²) in [6.07, 6.45) is 0.489. The van der Waals surface area contributed by atoms with Gasteiger partial charge in [0, 0.05) is 38.0 Å². The maximum absolute atomic E-state index is 13.1. The van der Waals surface area contributed by atoms with Gasteiger partial charge in [0.25, 0.3) is 0 Å². The number of rotatable bonds is 6. The Hall–Kier alpha value is -2.19. The number of carbonyl (C=O) groups is 2. The first kappa shape index (κ1) is 21.5. The molecular weight excluding hydrogens is 456 g/mol. The Morgan fingerprint density at radius 1 is 1.17 bits per heavy atom. The standard InChI is InChI=1S/C21H23BrN2O4S/c1-15(25)24-10-8-17-12-18(22)13-19(21(17)24)29(27,28)11-9-20(26)23(2)14-16-6-4-3-5-7-16/h3-7,12-13H,8-11,14H2,1-2H3. The van der Waals surface area contributed by atoms with Gasteiger partial charge in [-0.05, 0) is 29.7 Å². The maximum atomic E-state index is 13.1. The van der Waals surface area contributed by atoms with Crippen molar-refractivity contribution in [1.82, 2.24) is 4.90 Å². The molecule has 0 aliphatic carbocycles. The van der Waals surface area contributed by atoms with Gasteiger partial charge in [-0.25, -0.2) is 8.42 Å². The average molecular weight is 479 g/mol. The summed E-state index contributed by atoms with van der Waals surface area (Å²) in [5, 5.41) is 0. The quantitative estimate of drug-likeness (QED) is 0.638. The van der Waals surface area contributed by atoms with Crippen molar-refractivity contribution in [1.29, 1.82) is 0 Å². The Labute approximate surface area is 179 Å². The molecule has 3 rings (SSSR count). The van der Waals surface area contributed by atoms with Crippen LogP contribution in [0.5, 0.6) is 0 Å². The van der Waals surface area contributed by atoms with Crippen molar-refractivity contribution in [3.63, 3.8) is 0 Å². The molecule has 1 heterocycles. The lowest BCUT2D eigenvalue weighted by Gasteiger charge is -2.20. The fourth-order valence-electron chi connectivity index (χ4n) is 3.49. The number of sulfone groups is 1. The Bertz CT molecular complexity index is 1040. The molecule has 0 saturated carbocycles. The van der Waals surface area contributed by atoms with Crippen LogP contribution >= 0.6 is 15.9 Å². The highest BCUT2D eigenvalue weighted by Crippen LogP contribution is 2.38. The molecule has 29 heavy (non-hydrogen) atoms. The number of hydrogen-bond donors (Lipinski definition) is 0. The van der Waals surface area contributed by atoms with E-state index in [1.54, 1.807) is 7.05 Å². The molecule has 0 spiro atoms. The lowest BCUT2D eigenvalue weighted by molar-refractivity contribution is -0.130. The van der Waals surface area contributed by atoms with E-state index in [4.69, 9.17) is 0 Å². The Morgan fingerprint density at radius 2 is 1.86 bits per heavy atom. The third-order valence-corrected chi connectivity index (χ3v) is 7.16. The molecule has 0 N–H and O–H groups in total. The minimum absolute atomic E-state index is 0.105. The van der Waals surface area contributed by atoms with E-state index in [1.165, 1.54) is 22.8 Å². The molecule has 0 aromatic heterocycles. The van der Waals surface area contributed by atoms with Gasteiger partial charge in [0.1, 0.15) is 0 Å². The van der Waals surface area contributed by atoms with Crippen LogP contribution in [0.3, 0.4) is 0 Å². The van der Waals surface area contributed by atoms with E-state index in [1.807, 2.05) is 36.4 Å². The fraction of sp³-hybridized carbons (Fsp3) is 0.333. The molecule has 0 fully saturated rings. The first-order valence-corrected chi connectivity index (χ1v) is 11.7. The van der Waals surface area contributed by atoms with E-state index in [0.717, 1.165) is 11.1 Å². The van der Waals surface area contributed by atoms with E-state index in [0.29, 0.717) is 29.7 Å². The first-order chi connectivity index (χ1) is 13.7. The number of amides is 2. The summed E-state index contributed by atoms with van der Waals surface area (Å²) in [7, 11) is -2.08. The van der Waals surface area contributed by atoms with E-state index in [-0.39, 0.29) is 28.9 Å². The Morgan fingerprint density at radius 3 is 2.52 bits per heavy atom. The van der Waals surface area contributed by atoms with Crippen LogP contribution in [-0.2, 0) is 32.4 Å². The van der Waals surface area contributed by atoms with Crippen molar-refractivity contribution < 1.29 is 18.0 Å². The smallest absolute Gasteiger partial charge is 0.223 e. The van der Waals surface area contributed by atoms with Crippen LogP contribution in [0.25, 0.3) is 0 Å². The largest absolute Gasteiger partial charge is 0.341 e. The third-order valence-electron chi connectivity index (χ3n) is 4.98. The minimum Gasteiger partial charge on any atom is -0.341 e. The molecule has 2 aromatic carbocycles. The monoisotopic (exact) mass is 478 g/mol. The second-order valence-corrected chi connectivity index (χ2v) is 10.1. The van der Waals surface area contributed by atoms with Crippen LogP contribution in [-0.4, -0.2) is 44.5 Å². The van der Waals surface area contributed by atoms with Crippen LogP contribution in [0, 0.1) is 0 Å². The van der Waals surface area contributed by atoms with Crippen molar-refractivity contribution in [3.05, 3.63) is 58.1 Å². The van der Waals surface area contributed by atoms with Crippen LogP contribution in [0.4, 0.5) is 5.69 Å². The van der Waals surface area contributed by atoms with Gasteiger partial charge in [-0.3, -0.25) is 9.59 Å². The highest BCUT2D eigenvalue weighted by atomic mass is 79.9. The normalized spacial score (nSPS) is 13.3. The summed E-state index contributed by atoms with van der Waals surface area (Å²) >= 11 is 3.36. The minimum atomic E-state index is -3.75. The molecule has 8 heteroatoms. The molecule has 1 aliphatic rings. The molecule has 6 nitrogen and oxygen atoms in total. The van der Waals surface area contributed by atoms with Crippen molar-refractivity contribution in [2.75, 3.05) is 24.2 Å². The van der Waals surface area contributed by atoms with Gasteiger partial charge < -0.3 is 9.80 Å². The van der Waals surface area contributed by atoms with E-state index in [2.05, 4.69) is 15.9 Å². The van der Waals surface area contributed by atoms with Crippen molar-refractivity contribution in [2.24, 2.45) is 0 Å². The van der Waals surface area contributed by atoms with Crippen molar-refractivity contribution in [2.45, 2.75) is 31.2 Å². The Kier molecular flexibility index (Phi) is 6.43. The van der Waals surface area contributed by atoms with Gasteiger partial charge in [0.15, 0.2) is 9.84 Å². The summed E-state index contributed by atoms with van der Waals surface area (Å²) in [5.74, 6) is -0.742. The van der Waals surface area contributed by atoms with Gasteiger partial charge in [0.2, 0.25) is 11.8 Å². The van der Waals surface area contributed by atoms with Crippen LogP contribution < -0.4 is 4.90 Å². The number of fused-ring (bicyclic) bond motifs is 1. The van der Waals surface area contributed by atoms with Crippen LogP contribution in [0.15, 0.2) is 51.8 Å².